The molecule has 21 fully saturated rings. The molecule has 22 nitrogen and oxygen atoms in total. The highest BCUT2D eigenvalue weighted by Crippen LogP contribution is 2.73. The second-order valence-corrected chi connectivity index (χ2v) is 56.3. The first-order chi connectivity index (χ1) is 72.0. The number of nitrogens with zero attached hydrogens (tertiary/aromatic N) is 16. The van der Waals surface area contributed by atoms with Gasteiger partial charge in [-0.05, 0) is 530 Å². The number of tetrazole rings is 1. The molecule has 150 heavy (non-hydrogen) atoms. The van der Waals surface area contributed by atoms with Crippen LogP contribution in [-0.4, -0.2) is 154 Å². The van der Waals surface area contributed by atoms with Crippen molar-refractivity contribution in [1.82, 2.24) is 80.2 Å². The van der Waals surface area contributed by atoms with Gasteiger partial charge in [0.15, 0.2) is 6.33 Å². The van der Waals surface area contributed by atoms with E-state index in [1.807, 2.05) is 0 Å². The Balaban J connectivity index is 0.000000106. The van der Waals surface area contributed by atoms with Crippen molar-refractivity contribution in [3.63, 3.8) is 0 Å². The number of alkyl halides is 2. The Morgan fingerprint density at radius 2 is 0.620 bits per heavy atom. The zero-order valence-electron chi connectivity index (χ0n) is 92.1. The number of aliphatic hydroxyl groups is 5. The van der Waals surface area contributed by atoms with Crippen molar-refractivity contribution >= 4 is 11.6 Å². The van der Waals surface area contributed by atoms with Gasteiger partial charge in [-0.15, -0.1) is 10.2 Å². The minimum atomic E-state index is -2.61. The molecule has 5 N–H and O–H groups in total. The molecule has 21 aliphatic rings. The molecule has 5 aromatic heterocycles. The normalized spacial score (nSPS) is 45.8. The quantitative estimate of drug-likeness (QED) is 0.0403. The molecule has 820 valence electrons. The van der Waals surface area contributed by atoms with E-state index in [0.29, 0.717) is 125 Å². The SMILES string of the molecule is C=C(Cn1nccn1)[C@H]1CC[C@H]2[C@@H]3CC[C@@H]4C[C@@](O)(C#CC5CC5)CC[C@@H]4[C@H]3CC[C@]12C.C=C(Cn1nccn1)[C@H]1CC[C@H]2[C@@H]3CC[C@@H]4C[C@@](O)(C#CCl)CC[C@@H]4[C@H]3CC[C@]12C.C=C(Cn1nccn1)[C@H]1CC[C@H]2[C@@H]3CC[C@@H]4C[C@@](O)(C(F)F)CC[C@@H]4[C@H]3CC[C@]12C.C=C(Cn1nccn1)[C@H]1CC[C@H]2[C@@H]3CC[C@@H]4C[C@@](O)(COC)CC[C@@H]4[C@H]3CC[C@]12C.C=C(Cn1ncnn1)[C@H]1CC[C@H]2[C@@H]3CC[C@@H]4C[C@](C)(O)CC[C@@H]4[C@H]3CC[C@]12C. The van der Waals surface area contributed by atoms with Crippen molar-refractivity contribution in [2.24, 2.45) is 211 Å². The summed E-state index contributed by atoms with van der Waals surface area (Å²) in [5, 5.41) is 103. The zero-order chi connectivity index (χ0) is 104. The Bertz CT molecular complexity index is 5640. The van der Waals surface area contributed by atoms with Gasteiger partial charge in [-0.25, -0.2) is 8.78 Å². The number of allylic oxidation sites excluding steroid dienone is 5. The summed E-state index contributed by atoms with van der Waals surface area (Å²) in [6.07, 6.45) is 67.7. The Kier molecular flexibility index (Phi) is 30.8. The van der Waals surface area contributed by atoms with Crippen LogP contribution in [0, 0.1) is 234 Å². The van der Waals surface area contributed by atoms with E-state index >= 15 is 0 Å². The fraction of sp³-hybridized carbons (Fsp3) is 0.816. The number of methoxy groups -OCH3 is 1. The summed E-state index contributed by atoms with van der Waals surface area (Å²) in [4.78, 5) is 8.79. The molecule has 0 spiro atoms. The van der Waals surface area contributed by atoms with Gasteiger partial charge in [-0.2, -0.15) is 64.8 Å². The number of halogens is 3. The fourth-order valence-corrected chi connectivity index (χ4v) is 42.6. The second kappa shape index (κ2) is 42.9. The predicted octanol–water partition coefficient (Wildman–Crippen LogP) is 24.1. The van der Waals surface area contributed by atoms with E-state index in [0.717, 1.165) is 197 Å². The van der Waals surface area contributed by atoms with Gasteiger partial charge in [0.1, 0.15) is 16.8 Å². The van der Waals surface area contributed by atoms with Crippen molar-refractivity contribution in [3.8, 4) is 23.1 Å². The topological polar surface area (TPSA) is 277 Å². The maximum absolute atomic E-state index is 13.4. The fourth-order valence-electron chi connectivity index (χ4n) is 42.5. The third kappa shape index (κ3) is 20.7. The highest BCUT2D eigenvalue weighted by molar-refractivity contribution is 6.30. The summed E-state index contributed by atoms with van der Waals surface area (Å²) < 4.78 is 32.2. The number of hydrogen-bond acceptors (Lipinski definition) is 17. The maximum Gasteiger partial charge on any atom is 0.266 e. The first-order valence-electron chi connectivity index (χ1n) is 60.5. The summed E-state index contributed by atoms with van der Waals surface area (Å²) in [5.41, 5.74) is 4.07. The first kappa shape index (κ1) is 108. The molecule has 0 saturated heterocycles. The third-order valence-corrected chi connectivity index (χ3v) is 49.1. The van der Waals surface area contributed by atoms with Crippen molar-refractivity contribution in [3.05, 3.63) is 117 Å². The van der Waals surface area contributed by atoms with Gasteiger partial charge >= 0.3 is 0 Å². The molecule has 5 aromatic rings. The van der Waals surface area contributed by atoms with Crippen LogP contribution in [0.25, 0.3) is 0 Å². The largest absolute Gasteiger partial charge is 0.390 e. The van der Waals surface area contributed by atoms with Crippen molar-refractivity contribution in [2.75, 3.05) is 13.7 Å². The Morgan fingerprint density at radius 3 is 0.933 bits per heavy atom. The highest BCUT2D eigenvalue weighted by atomic mass is 35.5. The van der Waals surface area contributed by atoms with Crippen LogP contribution in [0.15, 0.2) is 117 Å². The molecular weight excluding hydrogens is 1890 g/mol. The van der Waals surface area contributed by atoms with Crippen molar-refractivity contribution in [2.45, 2.75) is 410 Å². The average molecular weight is 2080 g/mol. The number of hydrogen-bond donors (Lipinski definition) is 5. The molecule has 21 saturated carbocycles. The van der Waals surface area contributed by atoms with E-state index in [9.17, 15) is 34.3 Å². The highest BCUT2D eigenvalue weighted by Gasteiger charge is 2.66. The van der Waals surface area contributed by atoms with Crippen LogP contribution in [-0.2, 0) is 37.5 Å². The Morgan fingerprint density at radius 1 is 0.327 bits per heavy atom. The molecule has 0 aliphatic heterocycles. The van der Waals surface area contributed by atoms with E-state index in [1.165, 1.54) is 246 Å². The van der Waals surface area contributed by atoms with Crippen molar-refractivity contribution in [1.29, 1.82) is 0 Å². The lowest BCUT2D eigenvalue weighted by atomic mass is 9.48. The van der Waals surface area contributed by atoms with Crippen LogP contribution >= 0.6 is 11.6 Å². The predicted molar refractivity (Wildman–Crippen MR) is 579 cm³/mol. The molecule has 21 aliphatic carbocycles. The van der Waals surface area contributed by atoms with Gasteiger partial charge < -0.3 is 30.3 Å². The molecule has 5 heterocycles. The number of rotatable bonds is 18. The maximum atomic E-state index is 13.4. The summed E-state index contributed by atoms with van der Waals surface area (Å²) in [5.74, 6) is 32.3. The van der Waals surface area contributed by atoms with E-state index in [1.54, 1.807) is 80.7 Å². The molecule has 40 atom stereocenters. The molecular formula is C125H183ClF2N16O6. The van der Waals surface area contributed by atoms with Crippen LogP contribution in [0.3, 0.4) is 0 Å². The van der Waals surface area contributed by atoms with Crippen LogP contribution < -0.4 is 0 Å². The lowest BCUT2D eigenvalue weighted by Crippen LogP contribution is -2.52. The summed E-state index contributed by atoms with van der Waals surface area (Å²) in [7, 11) is 1.72. The van der Waals surface area contributed by atoms with E-state index in [-0.39, 0.29) is 17.8 Å². The lowest BCUT2D eigenvalue weighted by Gasteiger charge is -2.57. The van der Waals surface area contributed by atoms with Gasteiger partial charge in [-0.3, -0.25) is 0 Å². The zero-order valence-corrected chi connectivity index (χ0v) is 92.9. The molecule has 0 aromatic carbocycles. The average Bonchev–Trinajstić information content (AvgIpc) is 1.55. The lowest BCUT2D eigenvalue weighted by molar-refractivity contribution is -0.159. The van der Waals surface area contributed by atoms with Crippen LogP contribution in [0.5, 0.6) is 0 Å². The van der Waals surface area contributed by atoms with E-state index < -0.39 is 34.4 Å². The van der Waals surface area contributed by atoms with Gasteiger partial charge in [0.25, 0.3) is 6.43 Å². The molecule has 0 unspecified atom stereocenters. The van der Waals surface area contributed by atoms with E-state index in [4.69, 9.17) is 16.3 Å². The number of fused-ring (bicyclic) bond motifs is 25. The van der Waals surface area contributed by atoms with Gasteiger partial charge in [0, 0.05) is 18.4 Å². The summed E-state index contributed by atoms with van der Waals surface area (Å²) in [6, 6.07) is 0. The smallest absolute Gasteiger partial charge is 0.266 e. The molecule has 0 amide bonds. The van der Waals surface area contributed by atoms with Gasteiger partial charge in [-0.1, -0.05) is 113 Å². The Hall–Kier alpha value is -6.64. The number of aromatic nitrogens is 16. The minimum absolute atomic E-state index is 0.271. The second-order valence-electron chi connectivity index (χ2n) is 56.1. The van der Waals surface area contributed by atoms with Crippen LogP contribution in [0.1, 0.15) is 343 Å². The third-order valence-electron chi connectivity index (χ3n) is 49.0. The number of ether oxygens (including phenoxy) is 1. The summed E-state index contributed by atoms with van der Waals surface area (Å²) >= 11 is 5.63. The Labute approximate surface area is 899 Å². The standard InChI is InChI=1S/C28H39N3O.C25H34ClN3O.C25H39N3O2.C24H35F2N3O.C23H36N4O/c1-19(18-31-29-15-16-30-31)25-7-8-26-24-6-5-21-17-28(32,13-9-20-3-4-20)14-11-22(21)23(24)10-12-27(25,26)2;1-17(16-29-27-13-14-28-29)22-5-6-23-21-4-3-18-15-25(30,11-12-26)10-8-19(18)20(21)7-9-24(22,23)2;1-17(15-28-26-12-13-27-28)22-6-7-23-21-5-4-18-14-25(29,16-30-3)11-9-19(18)20(21)8-10-24(22,23)2;1-15(14-29-27-11-12-28-29)20-5-6-21-19-4-3-16-13-24(30,22(25)26)10-8-17(16)18(19)7-9-23(20,21)2;1-15(13-27-25-14-24-26-27)20-6-7-21-19-5-4-16-12-22(2,28)10-8-17(16)18(19)9-11-23(20,21)3/h15-16,20-26,32H,1,3-8,10-12,14,17-18H2,2H3;13-14,18-23,30H,1,3-10,15-16H2,2H3;12-13,18-23,29H,1,4-11,14-16H2,2-3H3;11-12,16-22,30H,1,3-10,13-14H2,2H3;14,16-21,28H,1,4-13H2,2-3H3/t21-,22+,23-,24-,25-,26+,27-,28-;18-,19+,20-,21-,22-,23+,24-,25+;18-,19+,20-,21-,22-,23+,24-,25-;16-,17+,18-,19-,20-,21+,23-,24-;16-,17+,18-,19-,20-,21+,22-,23-/m11111/s1. The summed E-state index contributed by atoms with van der Waals surface area (Å²) in [6.45, 7) is 41.4. The van der Waals surface area contributed by atoms with Gasteiger partial charge in [0.05, 0.1) is 100 Å². The molecule has 0 bridgehead atoms. The molecule has 25 heteroatoms. The van der Waals surface area contributed by atoms with Crippen LogP contribution in [0.2, 0.25) is 0 Å². The molecule has 0 radical (unpaired) electrons. The monoisotopic (exact) mass is 2080 g/mol. The minimum Gasteiger partial charge on any atom is -0.390 e. The first-order valence-corrected chi connectivity index (χ1v) is 60.9. The molecule has 26 rings (SSSR count). The van der Waals surface area contributed by atoms with Gasteiger partial charge in [0.2, 0.25) is 0 Å². The van der Waals surface area contributed by atoms with Crippen molar-refractivity contribution < 1.29 is 39.1 Å². The van der Waals surface area contributed by atoms with E-state index in [2.05, 4.69) is 154 Å². The van der Waals surface area contributed by atoms with Crippen LogP contribution in [0.4, 0.5) is 8.78 Å².